The van der Waals surface area contributed by atoms with Gasteiger partial charge in [-0.1, -0.05) is 41.6 Å². The number of amides is 1. The fraction of sp³-hybridized carbons (Fsp3) is 0.321. The second-order valence-corrected chi connectivity index (χ2v) is 9.44. The van der Waals surface area contributed by atoms with Crippen LogP contribution in [0.15, 0.2) is 59.1 Å². The molecule has 0 spiro atoms. The van der Waals surface area contributed by atoms with Crippen LogP contribution in [0.2, 0.25) is 0 Å². The molecule has 10 heteroatoms. The highest BCUT2D eigenvalue weighted by molar-refractivity contribution is 5.96. The molecule has 1 amide bonds. The van der Waals surface area contributed by atoms with Gasteiger partial charge in [0.25, 0.3) is 17.6 Å². The molecule has 1 aromatic heterocycles. The number of ether oxygens (including phenoxy) is 2. The minimum absolute atomic E-state index is 0.0260. The molecule has 3 heterocycles. The maximum atomic E-state index is 12.7. The van der Waals surface area contributed by atoms with Crippen molar-refractivity contribution in [1.29, 1.82) is 0 Å². The highest BCUT2D eigenvalue weighted by Gasteiger charge is 2.26. The monoisotopic (exact) mass is 516 g/mol. The first-order valence-electron chi connectivity index (χ1n) is 12.6. The van der Waals surface area contributed by atoms with Gasteiger partial charge >= 0.3 is 11.9 Å². The summed E-state index contributed by atoms with van der Waals surface area (Å²) >= 11 is 0. The number of aryl methyl sites for hydroxylation is 1. The van der Waals surface area contributed by atoms with Crippen molar-refractivity contribution in [2.24, 2.45) is 5.92 Å². The summed E-state index contributed by atoms with van der Waals surface area (Å²) in [5.74, 6) is -1.50. The Bertz CT molecular complexity index is 1360. The van der Waals surface area contributed by atoms with Gasteiger partial charge in [-0.15, -0.1) is 0 Å². The standard InChI is InChI=1S/C28H28N4O6/c1-18-7-8-21(25-24(18)36-22(33)9-10-23(34)37-25)28-30-26(31-38-28)27(35)29-14-11-19-12-15-32(16-13-19)17-20-5-3-2-4-6-20/h2-10,19H,11-17H2,1H3,(H,29,35)/b10-9+. The second-order valence-electron chi connectivity index (χ2n) is 9.44. The van der Waals surface area contributed by atoms with E-state index in [1.54, 1.807) is 19.1 Å². The molecule has 1 fully saturated rings. The molecule has 38 heavy (non-hydrogen) atoms. The molecule has 2 aliphatic heterocycles. The number of piperidine rings is 1. The minimum atomic E-state index is -0.752. The van der Waals surface area contributed by atoms with Crippen molar-refractivity contribution in [1.82, 2.24) is 20.4 Å². The van der Waals surface area contributed by atoms with Crippen molar-refractivity contribution in [2.45, 2.75) is 32.7 Å². The summed E-state index contributed by atoms with van der Waals surface area (Å²) in [6, 6.07) is 13.7. The van der Waals surface area contributed by atoms with Crippen LogP contribution in [0, 0.1) is 12.8 Å². The predicted octanol–water partition coefficient (Wildman–Crippen LogP) is 3.46. The lowest BCUT2D eigenvalue weighted by Gasteiger charge is -2.32. The zero-order valence-electron chi connectivity index (χ0n) is 21.0. The van der Waals surface area contributed by atoms with Gasteiger partial charge in [0.15, 0.2) is 11.5 Å². The SMILES string of the molecule is Cc1ccc(-c2nc(C(=O)NCCC3CCN(Cc4ccccc4)CC3)no2)c2c1OC(=O)/C=C/C(=O)O2. The Labute approximate surface area is 219 Å². The van der Waals surface area contributed by atoms with Crippen molar-refractivity contribution in [3.63, 3.8) is 0 Å². The van der Waals surface area contributed by atoms with E-state index in [1.807, 2.05) is 6.07 Å². The summed E-state index contributed by atoms with van der Waals surface area (Å²) in [7, 11) is 0. The van der Waals surface area contributed by atoms with Gasteiger partial charge in [-0.05, 0) is 62.4 Å². The van der Waals surface area contributed by atoms with Crippen LogP contribution < -0.4 is 14.8 Å². The number of fused-ring (bicyclic) bond motifs is 1. The molecule has 1 saturated heterocycles. The first-order valence-corrected chi connectivity index (χ1v) is 12.6. The molecule has 0 unspecified atom stereocenters. The van der Waals surface area contributed by atoms with Crippen LogP contribution in [0.1, 0.15) is 41.0 Å². The van der Waals surface area contributed by atoms with E-state index in [4.69, 9.17) is 14.0 Å². The van der Waals surface area contributed by atoms with Gasteiger partial charge < -0.3 is 19.3 Å². The van der Waals surface area contributed by atoms with E-state index in [0.29, 0.717) is 18.0 Å². The lowest BCUT2D eigenvalue weighted by Crippen LogP contribution is -2.35. The van der Waals surface area contributed by atoms with Crippen LogP contribution in [0.5, 0.6) is 11.5 Å². The molecule has 3 aromatic rings. The number of hydrogen-bond donors (Lipinski definition) is 1. The fourth-order valence-electron chi connectivity index (χ4n) is 4.63. The van der Waals surface area contributed by atoms with Gasteiger partial charge in [0.05, 0.1) is 5.56 Å². The third kappa shape index (κ3) is 5.97. The molecule has 0 atom stereocenters. The van der Waals surface area contributed by atoms with Crippen LogP contribution >= 0.6 is 0 Å². The lowest BCUT2D eigenvalue weighted by atomic mass is 9.93. The smallest absolute Gasteiger partial charge is 0.336 e. The Morgan fingerprint density at radius 2 is 1.71 bits per heavy atom. The summed E-state index contributed by atoms with van der Waals surface area (Å²) in [6.45, 7) is 5.25. The molecule has 0 radical (unpaired) electrons. The number of nitrogens with one attached hydrogen (secondary N) is 1. The van der Waals surface area contributed by atoms with Crippen LogP contribution in [0.4, 0.5) is 0 Å². The number of likely N-dealkylation sites (tertiary alicyclic amines) is 1. The quantitative estimate of drug-likeness (QED) is 0.371. The number of esters is 2. The van der Waals surface area contributed by atoms with Gasteiger partial charge in [0.1, 0.15) is 0 Å². The molecule has 0 bridgehead atoms. The van der Waals surface area contributed by atoms with Gasteiger partial charge in [-0.25, -0.2) is 9.59 Å². The summed E-state index contributed by atoms with van der Waals surface area (Å²) in [5, 5.41) is 6.65. The number of carbonyl (C=O) groups is 3. The molecule has 196 valence electrons. The summed E-state index contributed by atoms with van der Waals surface area (Å²) < 4.78 is 16.0. The molecule has 2 aliphatic rings. The molecule has 2 aromatic carbocycles. The van der Waals surface area contributed by atoms with Crippen LogP contribution in [-0.4, -0.2) is 52.5 Å². The lowest BCUT2D eigenvalue weighted by molar-refractivity contribution is -0.133. The third-order valence-electron chi connectivity index (χ3n) is 6.72. The van der Waals surface area contributed by atoms with E-state index in [1.165, 1.54) is 5.56 Å². The molecule has 0 aliphatic carbocycles. The Hall–Kier alpha value is -4.31. The number of nitrogens with zero attached hydrogens (tertiary/aromatic N) is 3. The minimum Gasteiger partial charge on any atom is -0.419 e. The van der Waals surface area contributed by atoms with Gasteiger partial charge in [-0.3, -0.25) is 9.69 Å². The zero-order chi connectivity index (χ0) is 26.5. The van der Waals surface area contributed by atoms with E-state index >= 15 is 0 Å². The maximum absolute atomic E-state index is 12.7. The maximum Gasteiger partial charge on any atom is 0.336 e. The number of aromatic nitrogens is 2. The Balaban J connectivity index is 1.16. The molecule has 10 nitrogen and oxygen atoms in total. The van der Waals surface area contributed by atoms with Gasteiger partial charge in [-0.2, -0.15) is 4.98 Å². The number of carbonyl (C=O) groups excluding carboxylic acids is 3. The predicted molar refractivity (Wildman–Crippen MR) is 136 cm³/mol. The average molecular weight is 517 g/mol. The summed E-state index contributed by atoms with van der Waals surface area (Å²) in [5.41, 5.74) is 2.13. The first-order chi connectivity index (χ1) is 18.5. The molecular weight excluding hydrogens is 488 g/mol. The van der Waals surface area contributed by atoms with E-state index in [2.05, 4.69) is 44.6 Å². The van der Waals surface area contributed by atoms with Crippen molar-refractivity contribution in [3.05, 3.63) is 71.6 Å². The summed E-state index contributed by atoms with van der Waals surface area (Å²) in [4.78, 5) is 43.3. The van der Waals surface area contributed by atoms with Crippen LogP contribution in [0.25, 0.3) is 11.5 Å². The van der Waals surface area contributed by atoms with Gasteiger partial charge in [0, 0.05) is 25.2 Å². The normalized spacial score (nSPS) is 17.1. The number of rotatable bonds is 7. The van der Waals surface area contributed by atoms with E-state index in [0.717, 1.165) is 51.0 Å². The van der Waals surface area contributed by atoms with E-state index in [9.17, 15) is 14.4 Å². The fourth-order valence-corrected chi connectivity index (χ4v) is 4.63. The molecule has 0 saturated carbocycles. The third-order valence-corrected chi connectivity index (χ3v) is 6.72. The number of benzene rings is 2. The van der Waals surface area contributed by atoms with Crippen LogP contribution in [0.3, 0.4) is 0 Å². The topological polar surface area (TPSA) is 124 Å². The zero-order valence-corrected chi connectivity index (χ0v) is 21.0. The van der Waals surface area contributed by atoms with Gasteiger partial charge in [0.2, 0.25) is 0 Å². The molecule has 1 N–H and O–H groups in total. The summed E-state index contributed by atoms with van der Waals surface area (Å²) in [6.07, 6.45) is 5.01. The Morgan fingerprint density at radius 3 is 2.45 bits per heavy atom. The average Bonchev–Trinajstić information content (AvgIpc) is 3.41. The first kappa shape index (κ1) is 25.3. The van der Waals surface area contributed by atoms with Crippen molar-refractivity contribution in [2.75, 3.05) is 19.6 Å². The van der Waals surface area contributed by atoms with Crippen molar-refractivity contribution < 1.29 is 28.4 Å². The van der Waals surface area contributed by atoms with Crippen molar-refractivity contribution >= 4 is 17.8 Å². The van der Waals surface area contributed by atoms with E-state index < -0.39 is 17.8 Å². The molecule has 5 rings (SSSR count). The Morgan fingerprint density at radius 1 is 1.00 bits per heavy atom. The highest BCUT2D eigenvalue weighted by atomic mass is 16.6. The second kappa shape index (κ2) is 11.4. The van der Waals surface area contributed by atoms with Crippen molar-refractivity contribution in [3.8, 4) is 23.0 Å². The Kier molecular flexibility index (Phi) is 7.60. The number of hydrogen-bond acceptors (Lipinski definition) is 9. The van der Waals surface area contributed by atoms with E-state index in [-0.39, 0.29) is 28.8 Å². The van der Waals surface area contributed by atoms with Crippen LogP contribution in [-0.2, 0) is 16.1 Å². The highest BCUT2D eigenvalue weighted by Crippen LogP contribution is 2.41. The molecular formula is C28H28N4O6. The largest absolute Gasteiger partial charge is 0.419 e.